The molecule has 0 aliphatic carbocycles. The molecule has 14 heavy (non-hydrogen) atoms. The van der Waals surface area contributed by atoms with E-state index >= 15 is 0 Å². The fraction of sp³-hybridized carbons (Fsp3) is 0.222. The van der Waals surface area contributed by atoms with Gasteiger partial charge in [0.15, 0.2) is 0 Å². The summed E-state index contributed by atoms with van der Waals surface area (Å²) in [6, 6.07) is 3.63. The molecular formula is C9H9Br2NO2. The minimum Gasteiger partial charge on any atom is -0.492 e. The van der Waals surface area contributed by atoms with E-state index in [9.17, 15) is 0 Å². The lowest BCUT2D eigenvalue weighted by Gasteiger charge is -2.08. The first kappa shape index (κ1) is 11.5. The average molecular weight is 323 g/mol. The van der Waals surface area contributed by atoms with Gasteiger partial charge in [-0.2, -0.15) is 0 Å². The highest BCUT2D eigenvalue weighted by Gasteiger charge is 2.07. The van der Waals surface area contributed by atoms with Crippen molar-refractivity contribution in [3.8, 4) is 5.75 Å². The number of oxime groups is 1. The minimum atomic E-state index is 0.602. The van der Waals surface area contributed by atoms with Crippen LogP contribution in [0.3, 0.4) is 0 Å². The molecule has 1 aromatic carbocycles. The Labute approximate surface area is 99.0 Å². The van der Waals surface area contributed by atoms with Crippen LogP contribution in [0.1, 0.15) is 12.5 Å². The largest absolute Gasteiger partial charge is 0.492 e. The summed E-state index contributed by atoms with van der Waals surface area (Å²) in [7, 11) is 0. The first-order valence-corrected chi connectivity index (χ1v) is 5.57. The summed E-state index contributed by atoms with van der Waals surface area (Å²) in [4.78, 5) is 0. The zero-order valence-electron chi connectivity index (χ0n) is 7.50. The van der Waals surface area contributed by atoms with Gasteiger partial charge in [-0.15, -0.1) is 0 Å². The highest BCUT2D eigenvalue weighted by Crippen LogP contribution is 2.34. The van der Waals surface area contributed by atoms with Crippen molar-refractivity contribution in [3.63, 3.8) is 0 Å². The molecule has 0 bridgehead atoms. The van der Waals surface area contributed by atoms with E-state index in [4.69, 9.17) is 9.94 Å². The molecule has 0 unspecified atom stereocenters. The van der Waals surface area contributed by atoms with Crippen LogP contribution in [0.5, 0.6) is 5.75 Å². The summed E-state index contributed by atoms with van der Waals surface area (Å²) in [5.41, 5.74) is 0.787. The third-order valence-electron chi connectivity index (χ3n) is 1.52. The lowest BCUT2D eigenvalue weighted by molar-refractivity contribution is 0.321. The lowest BCUT2D eigenvalue weighted by Crippen LogP contribution is -1.94. The van der Waals surface area contributed by atoms with Gasteiger partial charge in [0.1, 0.15) is 5.75 Å². The van der Waals surface area contributed by atoms with Crippen LogP contribution < -0.4 is 4.74 Å². The third kappa shape index (κ3) is 2.72. The normalized spacial score (nSPS) is 10.8. The summed E-state index contributed by atoms with van der Waals surface area (Å²) >= 11 is 6.74. The molecule has 1 aromatic rings. The molecule has 0 atom stereocenters. The second-order valence-electron chi connectivity index (χ2n) is 2.49. The average Bonchev–Trinajstić information content (AvgIpc) is 2.12. The van der Waals surface area contributed by atoms with Crippen molar-refractivity contribution in [2.75, 3.05) is 6.61 Å². The summed E-state index contributed by atoms with van der Waals surface area (Å²) in [5.74, 6) is 0.752. The quantitative estimate of drug-likeness (QED) is 0.526. The van der Waals surface area contributed by atoms with Crippen LogP contribution in [-0.2, 0) is 0 Å². The zero-order valence-corrected chi connectivity index (χ0v) is 10.7. The van der Waals surface area contributed by atoms with E-state index < -0.39 is 0 Å². The Bertz CT molecular complexity index is 330. The van der Waals surface area contributed by atoms with Gasteiger partial charge in [0.2, 0.25) is 0 Å². The maximum Gasteiger partial charge on any atom is 0.147 e. The van der Waals surface area contributed by atoms with Gasteiger partial charge in [-0.3, -0.25) is 0 Å². The van der Waals surface area contributed by atoms with E-state index in [1.54, 1.807) is 0 Å². The molecule has 0 saturated heterocycles. The Hall–Kier alpha value is -0.550. The van der Waals surface area contributed by atoms with Crippen molar-refractivity contribution in [2.45, 2.75) is 6.92 Å². The maximum atomic E-state index is 8.38. The second-order valence-corrected chi connectivity index (χ2v) is 4.20. The van der Waals surface area contributed by atoms with Crippen molar-refractivity contribution in [3.05, 3.63) is 26.6 Å². The zero-order chi connectivity index (χ0) is 10.6. The van der Waals surface area contributed by atoms with Crippen molar-refractivity contribution in [2.24, 2.45) is 5.16 Å². The molecule has 0 aliphatic rings. The lowest BCUT2D eigenvalue weighted by atomic mass is 10.2. The van der Waals surface area contributed by atoms with Crippen LogP contribution in [0.15, 0.2) is 26.2 Å². The molecule has 3 nitrogen and oxygen atoms in total. The highest BCUT2D eigenvalue weighted by atomic mass is 79.9. The van der Waals surface area contributed by atoms with Crippen molar-refractivity contribution in [1.29, 1.82) is 0 Å². The summed E-state index contributed by atoms with van der Waals surface area (Å²) in [6.07, 6.45) is 1.35. The van der Waals surface area contributed by atoms with Gasteiger partial charge in [-0.05, 0) is 56.5 Å². The predicted octanol–water partition coefficient (Wildman–Crippen LogP) is 3.42. The van der Waals surface area contributed by atoms with Gasteiger partial charge in [-0.1, -0.05) is 5.16 Å². The molecule has 0 fully saturated rings. The molecule has 0 saturated carbocycles. The minimum absolute atomic E-state index is 0.602. The van der Waals surface area contributed by atoms with E-state index in [0.717, 1.165) is 20.3 Å². The first-order chi connectivity index (χ1) is 6.69. The van der Waals surface area contributed by atoms with E-state index in [2.05, 4.69) is 37.0 Å². The first-order valence-electron chi connectivity index (χ1n) is 3.98. The van der Waals surface area contributed by atoms with Crippen LogP contribution in [-0.4, -0.2) is 18.0 Å². The molecule has 0 aromatic heterocycles. The monoisotopic (exact) mass is 321 g/mol. The van der Waals surface area contributed by atoms with E-state index in [0.29, 0.717) is 6.61 Å². The Morgan fingerprint density at radius 3 is 2.43 bits per heavy atom. The van der Waals surface area contributed by atoms with E-state index in [1.165, 1.54) is 6.21 Å². The Morgan fingerprint density at radius 1 is 1.43 bits per heavy atom. The van der Waals surface area contributed by atoms with Crippen molar-refractivity contribution >= 4 is 38.1 Å². The summed E-state index contributed by atoms with van der Waals surface area (Å²) in [6.45, 7) is 2.52. The van der Waals surface area contributed by atoms with E-state index in [-0.39, 0.29) is 0 Å². The van der Waals surface area contributed by atoms with Crippen LogP contribution in [0, 0.1) is 0 Å². The van der Waals surface area contributed by atoms with Crippen LogP contribution in [0.25, 0.3) is 0 Å². The fourth-order valence-corrected chi connectivity index (χ4v) is 2.45. The SMILES string of the molecule is CCOc1c(Br)cc(/C=N\O)cc1Br. The summed E-state index contributed by atoms with van der Waals surface area (Å²) in [5, 5.41) is 11.3. The molecule has 0 heterocycles. The van der Waals surface area contributed by atoms with Gasteiger partial charge in [0, 0.05) is 0 Å². The molecule has 0 aliphatic heterocycles. The Morgan fingerprint density at radius 2 is 2.00 bits per heavy atom. The number of halogens is 2. The number of hydrogen-bond donors (Lipinski definition) is 1. The number of hydrogen-bond acceptors (Lipinski definition) is 3. The van der Waals surface area contributed by atoms with Gasteiger partial charge < -0.3 is 9.94 Å². The van der Waals surface area contributed by atoms with Gasteiger partial charge >= 0.3 is 0 Å². The molecule has 0 radical (unpaired) electrons. The molecule has 1 N–H and O–H groups in total. The number of nitrogens with zero attached hydrogens (tertiary/aromatic N) is 1. The number of ether oxygens (including phenoxy) is 1. The predicted molar refractivity (Wildman–Crippen MR) is 62.4 cm³/mol. The molecule has 0 spiro atoms. The molecule has 76 valence electrons. The molecule has 1 rings (SSSR count). The van der Waals surface area contributed by atoms with Crippen LogP contribution >= 0.6 is 31.9 Å². The second kappa shape index (κ2) is 5.36. The molecule has 5 heteroatoms. The van der Waals surface area contributed by atoms with Crippen molar-refractivity contribution in [1.82, 2.24) is 0 Å². The third-order valence-corrected chi connectivity index (χ3v) is 2.69. The number of rotatable bonds is 3. The van der Waals surface area contributed by atoms with Crippen molar-refractivity contribution < 1.29 is 9.94 Å². The fourth-order valence-electron chi connectivity index (χ4n) is 1.00. The summed E-state index contributed by atoms with van der Waals surface area (Å²) < 4.78 is 7.05. The smallest absolute Gasteiger partial charge is 0.147 e. The Kier molecular flexibility index (Phi) is 4.41. The highest BCUT2D eigenvalue weighted by molar-refractivity contribution is 9.11. The topological polar surface area (TPSA) is 41.8 Å². The molecular weight excluding hydrogens is 314 g/mol. The number of benzene rings is 1. The molecule has 0 amide bonds. The standard InChI is InChI=1S/C9H9Br2NO2/c1-2-14-9-7(10)3-6(5-12-13)4-8(9)11/h3-5,13H,2H2,1H3/b12-5-. The van der Waals surface area contributed by atoms with Gasteiger partial charge in [0.25, 0.3) is 0 Å². The van der Waals surface area contributed by atoms with Crippen LogP contribution in [0.2, 0.25) is 0 Å². The van der Waals surface area contributed by atoms with Crippen LogP contribution in [0.4, 0.5) is 0 Å². The van der Waals surface area contributed by atoms with Gasteiger partial charge in [0.05, 0.1) is 21.8 Å². The maximum absolute atomic E-state index is 8.38. The van der Waals surface area contributed by atoms with E-state index in [1.807, 2.05) is 19.1 Å². The van der Waals surface area contributed by atoms with Gasteiger partial charge in [-0.25, -0.2) is 0 Å². The Balaban J connectivity index is 3.11.